The molecule has 0 amide bonds. The highest BCUT2D eigenvalue weighted by atomic mass is 79.9. The van der Waals surface area contributed by atoms with E-state index in [0.29, 0.717) is 6.54 Å². The Labute approximate surface area is 94.1 Å². The van der Waals surface area contributed by atoms with Crippen LogP contribution < -0.4 is 5.73 Å². The molecular weight excluding hydrogens is 262 g/mol. The normalized spacial score (nSPS) is 10.4. The first-order valence-electron chi connectivity index (χ1n) is 4.08. The molecule has 0 atom stereocenters. The van der Waals surface area contributed by atoms with Gasteiger partial charge in [0, 0.05) is 12.7 Å². The molecule has 72 valence electrons. The molecule has 2 heterocycles. The lowest BCUT2D eigenvalue weighted by Crippen LogP contribution is -1.93. The van der Waals surface area contributed by atoms with Crippen molar-refractivity contribution in [2.75, 3.05) is 0 Å². The maximum atomic E-state index is 5.52. The zero-order chi connectivity index (χ0) is 9.97. The number of hydrogen-bond donors (Lipinski definition) is 1. The van der Waals surface area contributed by atoms with Crippen molar-refractivity contribution in [1.29, 1.82) is 0 Å². The highest BCUT2D eigenvalue weighted by molar-refractivity contribution is 9.10. The van der Waals surface area contributed by atoms with Crippen molar-refractivity contribution in [2.45, 2.75) is 6.54 Å². The number of halogens is 1. The van der Waals surface area contributed by atoms with E-state index in [0.717, 1.165) is 20.2 Å². The van der Waals surface area contributed by atoms with E-state index in [1.54, 1.807) is 17.5 Å². The van der Waals surface area contributed by atoms with Gasteiger partial charge in [-0.05, 0) is 28.1 Å². The third kappa shape index (κ3) is 1.84. The van der Waals surface area contributed by atoms with Gasteiger partial charge in [0.1, 0.15) is 9.61 Å². The molecule has 0 spiro atoms. The number of thiazole rings is 1. The molecule has 0 aliphatic heterocycles. The molecule has 0 aromatic carbocycles. The molecule has 0 fully saturated rings. The van der Waals surface area contributed by atoms with Crippen molar-refractivity contribution >= 4 is 27.3 Å². The van der Waals surface area contributed by atoms with Crippen LogP contribution in [0.5, 0.6) is 0 Å². The van der Waals surface area contributed by atoms with E-state index in [2.05, 4.69) is 25.9 Å². The molecule has 0 aliphatic carbocycles. The number of nitrogens with zero attached hydrogens (tertiary/aromatic N) is 2. The van der Waals surface area contributed by atoms with Crippen molar-refractivity contribution in [2.24, 2.45) is 5.73 Å². The van der Waals surface area contributed by atoms with Gasteiger partial charge in [-0.1, -0.05) is 6.07 Å². The van der Waals surface area contributed by atoms with E-state index in [1.807, 2.05) is 18.2 Å². The van der Waals surface area contributed by atoms with Gasteiger partial charge in [-0.3, -0.25) is 4.98 Å². The Hall–Kier alpha value is -0.780. The molecule has 0 radical (unpaired) electrons. The second-order valence-corrected chi connectivity index (χ2v) is 4.48. The Morgan fingerprint density at radius 1 is 1.43 bits per heavy atom. The summed E-state index contributed by atoms with van der Waals surface area (Å²) in [6.45, 7) is 0.468. The van der Waals surface area contributed by atoms with E-state index in [4.69, 9.17) is 5.73 Å². The molecule has 3 nitrogen and oxygen atoms in total. The van der Waals surface area contributed by atoms with Gasteiger partial charge in [0.15, 0.2) is 0 Å². The van der Waals surface area contributed by atoms with Crippen LogP contribution in [-0.2, 0) is 6.54 Å². The summed E-state index contributed by atoms with van der Waals surface area (Å²) in [4.78, 5) is 9.57. The molecule has 2 aromatic heterocycles. The van der Waals surface area contributed by atoms with Gasteiger partial charge in [-0.25, -0.2) is 4.98 Å². The molecular formula is C9H8BrN3S. The predicted molar refractivity (Wildman–Crippen MR) is 60.9 cm³/mol. The van der Waals surface area contributed by atoms with Crippen molar-refractivity contribution in [3.8, 4) is 10.6 Å². The summed E-state index contributed by atoms with van der Waals surface area (Å²) in [5.74, 6) is 0. The number of nitrogens with two attached hydrogens (primary N) is 1. The van der Waals surface area contributed by atoms with Crippen LogP contribution in [0.25, 0.3) is 10.6 Å². The highest BCUT2D eigenvalue weighted by Gasteiger charge is 2.10. The average Bonchev–Trinajstić information content (AvgIpc) is 2.61. The summed E-state index contributed by atoms with van der Waals surface area (Å²) >= 11 is 4.97. The van der Waals surface area contributed by atoms with Crippen LogP contribution >= 0.6 is 27.3 Å². The maximum absolute atomic E-state index is 5.52. The second-order valence-electron chi connectivity index (χ2n) is 2.65. The van der Waals surface area contributed by atoms with Crippen LogP contribution in [0.3, 0.4) is 0 Å². The van der Waals surface area contributed by atoms with Crippen LogP contribution in [0, 0.1) is 0 Å². The van der Waals surface area contributed by atoms with Gasteiger partial charge in [-0.15, -0.1) is 11.3 Å². The smallest absolute Gasteiger partial charge is 0.126 e. The summed E-state index contributed by atoms with van der Waals surface area (Å²) in [5.41, 5.74) is 6.44. The van der Waals surface area contributed by atoms with E-state index >= 15 is 0 Å². The fraction of sp³-hybridized carbons (Fsp3) is 0.111. The van der Waals surface area contributed by atoms with Gasteiger partial charge in [0.05, 0.1) is 10.6 Å². The van der Waals surface area contributed by atoms with E-state index in [9.17, 15) is 0 Å². The van der Waals surface area contributed by atoms with Crippen LogP contribution in [0.15, 0.2) is 29.0 Å². The molecule has 0 bridgehead atoms. The zero-order valence-corrected chi connectivity index (χ0v) is 9.68. The quantitative estimate of drug-likeness (QED) is 0.911. The van der Waals surface area contributed by atoms with Crippen LogP contribution in [0.2, 0.25) is 0 Å². The van der Waals surface area contributed by atoms with Gasteiger partial charge in [-0.2, -0.15) is 0 Å². The lowest BCUT2D eigenvalue weighted by Gasteiger charge is -1.94. The Morgan fingerprint density at radius 2 is 2.29 bits per heavy atom. The lowest BCUT2D eigenvalue weighted by atomic mass is 10.3. The van der Waals surface area contributed by atoms with Gasteiger partial charge in [0.25, 0.3) is 0 Å². The van der Waals surface area contributed by atoms with Crippen molar-refractivity contribution in [3.05, 3.63) is 34.0 Å². The largest absolute Gasteiger partial charge is 0.325 e. The van der Waals surface area contributed by atoms with Crippen molar-refractivity contribution in [3.63, 3.8) is 0 Å². The van der Waals surface area contributed by atoms with Crippen LogP contribution in [0.4, 0.5) is 0 Å². The number of pyridine rings is 1. The SMILES string of the molecule is NCc1nc(Br)c(-c2ccccn2)s1. The van der Waals surface area contributed by atoms with Gasteiger partial charge < -0.3 is 5.73 Å². The number of rotatable bonds is 2. The summed E-state index contributed by atoms with van der Waals surface area (Å²) < 4.78 is 0.821. The summed E-state index contributed by atoms with van der Waals surface area (Å²) in [6, 6.07) is 5.80. The van der Waals surface area contributed by atoms with Crippen molar-refractivity contribution < 1.29 is 0 Å². The first-order chi connectivity index (χ1) is 6.81. The molecule has 5 heteroatoms. The van der Waals surface area contributed by atoms with E-state index in [-0.39, 0.29) is 0 Å². The van der Waals surface area contributed by atoms with E-state index in [1.165, 1.54) is 0 Å². The first kappa shape index (κ1) is 9.76. The third-order valence-electron chi connectivity index (χ3n) is 1.70. The molecule has 2 rings (SSSR count). The Balaban J connectivity index is 2.46. The van der Waals surface area contributed by atoms with Gasteiger partial charge >= 0.3 is 0 Å². The highest BCUT2D eigenvalue weighted by Crippen LogP contribution is 2.32. The average molecular weight is 270 g/mol. The topological polar surface area (TPSA) is 51.8 Å². The van der Waals surface area contributed by atoms with Crippen molar-refractivity contribution in [1.82, 2.24) is 9.97 Å². The summed E-state index contributed by atoms with van der Waals surface area (Å²) in [5, 5.41) is 0.914. The molecule has 2 aromatic rings. The lowest BCUT2D eigenvalue weighted by molar-refractivity contribution is 1.03. The van der Waals surface area contributed by atoms with Gasteiger partial charge in [0.2, 0.25) is 0 Å². The summed E-state index contributed by atoms with van der Waals surface area (Å²) in [7, 11) is 0. The predicted octanol–water partition coefficient (Wildman–Crippen LogP) is 2.43. The van der Waals surface area contributed by atoms with E-state index < -0.39 is 0 Å². The number of aromatic nitrogens is 2. The molecule has 0 aliphatic rings. The Morgan fingerprint density at radius 3 is 2.86 bits per heavy atom. The minimum absolute atomic E-state index is 0.468. The fourth-order valence-electron chi connectivity index (χ4n) is 1.09. The second kappa shape index (κ2) is 4.16. The standard InChI is InChI=1S/C9H8BrN3S/c10-9-8(14-7(5-11)13-9)6-3-1-2-4-12-6/h1-4H,5,11H2. The molecule has 2 N–H and O–H groups in total. The maximum Gasteiger partial charge on any atom is 0.126 e. The molecule has 14 heavy (non-hydrogen) atoms. The minimum Gasteiger partial charge on any atom is -0.325 e. The Bertz CT molecular complexity index is 427. The van der Waals surface area contributed by atoms with Crippen LogP contribution in [0.1, 0.15) is 5.01 Å². The Kier molecular flexibility index (Phi) is 2.90. The fourth-order valence-corrected chi connectivity index (χ4v) is 2.67. The molecule has 0 saturated heterocycles. The molecule has 0 unspecified atom stereocenters. The first-order valence-corrected chi connectivity index (χ1v) is 5.69. The zero-order valence-electron chi connectivity index (χ0n) is 7.27. The molecule has 0 saturated carbocycles. The van der Waals surface area contributed by atoms with Crippen LogP contribution in [-0.4, -0.2) is 9.97 Å². The monoisotopic (exact) mass is 269 g/mol. The number of hydrogen-bond acceptors (Lipinski definition) is 4. The summed E-state index contributed by atoms with van der Waals surface area (Å²) in [6.07, 6.45) is 1.77. The third-order valence-corrected chi connectivity index (χ3v) is 3.64. The minimum atomic E-state index is 0.468.